The lowest BCUT2D eigenvalue weighted by Crippen LogP contribution is -2.17. The number of benzene rings is 1. The molecule has 0 saturated carbocycles. The van der Waals surface area contributed by atoms with E-state index in [1.165, 1.54) is 0 Å². The van der Waals surface area contributed by atoms with Crippen molar-refractivity contribution in [1.29, 1.82) is 0 Å². The summed E-state index contributed by atoms with van der Waals surface area (Å²) in [7, 11) is 0. The van der Waals surface area contributed by atoms with Crippen LogP contribution in [0.15, 0.2) is 18.2 Å². The summed E-state index contributed by atoms with van der Waals surface area (Å²) >= 11 is 0. The van der Waals surface area contributed by atoms with Crippen molar-refractivity contribution in [2.24, 2.45) is 5.92 Å². The zero-order valence-corrected chi connectivity index (χ0v) is 17.1. The lowest BCUT2D eigenvalue weighted by Gasteiger charge is -2.12. The van der Waals surface area contributed by atoms with Gasteiger partial charge in [0.15, 0.2) is 0 Å². The highest BCUT2D eigenvalue weighted by molar-refractivity contribution is 5.95. The number of hydrogen-bond donors (Lipinski definition) is 2. The maximum atomic E-state index is 12.6. The normalized spacial score (nSPS) is 10.9. The minimum atomic E-state index is -0.0904. The Labute approximate surface area is 161 Å². The van der Waals surface area contributed by atoms with E-state index in [0.29, 0.717) is 23.7 Å². The molecule has 0 fully saturated rings. The number of carbonyl (C=O) groups is 2. The van der Waals surface area contributed by atoms with Crippen LogP contribution in [0.2, 0.25) is 0 Å². The summed E-state index contributed by atoms with van der Waals surface area (Å²) in [4.78, 5) is 24.2. The Morgan fingerprint density at radius 2 is 1.81 bits per heavy atom. The first-order valence-corrected chi connectivity index (χ1v) is 9.44. The molecule has 2 amide bonds. The fraction of sp³-hybridized carbons (Fsp3) is 0.476. The van der Waals surface area contributed by atoms with Gasteiger partial charge in [-0.1, -0.05) is 26.8 Å². The van der Waals surface area contributed by atoms with E-state index in [-0.39, 0.29) is 18.2 Å². The van der Waals surface area contributed by atoms with Crippen molar-refractivity contribution in [2.45, 2.75) is 60.9 Å². The molecule has 27 heavy (non-hydrogen) atoms. The van der Waals surface area contributed by atoms with Gasteiger partial charge in [0.1, 0.15) is 0 Å². The van der Waals surface area contributed by atoms with Crippen molar-refractivity contribution < 1.29 is 9.59 Å². The van der Waals surface area contributed by atoms with Crippen molar-refractivity contribution in [2.75, 3.05) is 10.6 Å². The van der Waals surface area contributed by atoms with Gasteiger partial charge in [0.05, 0.1) is 12.1 Å². The van der Waals surface area contributed by atoms with Crippen LogP contribution in [0.3, 0.4) is 0 Å². The van der Waals surface area contributed by atoms with Gasteiger partial charge in [-0.2, -0.15) is 5.10 Å². The summed E-state index contributed by atoms with van der Waals surface area (Å²) in [6, 6.07) is 5.52. The minimum Gasteiger partial charge on any atom is -0.326 e. The van der Waals surface area contributed by atoms with Crippen LogP contribution in [0.1, 0.15) is 49.7 Å². The van der Waals surface area contributed by atoms with Gasteiger partial charge < -0.3 is 10.6 Å². The highest BCUT2D eigenvalue weighted by atomic mass is 16.2. The molecule has 146 valence electrons. The van der Waals surface area contributed by atoms with E-state index in [1.54, 1.807) is 13.0 Å². The first-order valence-electron chi connectivity index (χ1n) is 9.44. The van der Waals surface area contributed by atoms with Crippen molar-refractivity contribution in [3.8, 4) is 0 Å². The van der Waals surface area contributed by atoms with Gasteiger partial charge in [-0.05, 0) is 44.4 Å². The molecule has 0 unspecified atom stereocenters. The van der Waals surface area contributed by atoms with E-state index in [4.69, 9.17) is 0 Å². The fourth-order valence-corrected chi connectivity index (χ4v) is 2.95. The highest BCUT2D eigenvalue weighted by Gasteiger charge is 2.16. The Kier molecular flexibility index (Phi) is 6.77. The molecule has 6 heteroatoms. The van der Waals surface area contributed by atoms with Crippen molar-refractivity contribution in [1.82, 2.24) is 9.78 Å². The first kappa shape index (κ1) is 20.7. The Bertz CT molecular complexity index is 837. The molecule has 0 bridgehead atoms. The molecule has 2 aromatic rings. The number of anilines is 2. The van der Waals surface area contributed by atoms with Gasteiger partial charge in [-0.15, -0.1) is 0 Å². The summed E-state index contributed by atoms with van der Waals surface area (Å²) in [5, 5.41) is 10.4. The Hall–Kier alpha value is -2.63. The molecule has 2 N–H and O–H groups in total. The van der Waals surface area contributed by atoms with Gasteiger partial charge in [0, 0.05) is 35.6 Å². The maximum absolute atomic E-state index is 12.6. The summed E-state index contributed by atoms with van der Waals surface area (Å²) in [5.74, 6) is 0.348. The fourth-order valence-electron chi connectivity index (χ4n) is 2.95. The summed E-state index contributed by atoms with van der Waals surface area (Å²) in [6.07, 6.45) is 0.690. The number of carbonyl (C=O) groups excluding carboxylic acids is 2. The van der Waals surface area contributed by atoms with E-state index in [2.05, 4.69) is 29.6 Å². The van der Waals surface area contributed by atoms with Crippen LogP contribution in [-0.4, -0.2) is 21.6 Å². The first-order chi connectivity index (χ1) is 12.7. The smallest absolute Gasteiger partial charge is 0.228 e. The molecule has 0 aliphatic carbocycles. The Balaban J connectivity index is 2.13. The van der Waals surface area contributed by atoms with Crippen molar-refractivity contribution >= 4 is 23.2 Å². The number of nitrogens with one attached hydrogen (secondary N) is 2. The summed E-state index contributed by atoms with van der Waals surface area (Å²) in [5.41, 5.74) is 5.24. The van der Waals surface area contributed by atoms with Crippen LogP contribution < -0.4 is 10.6 Å². The maximum Gasteiger partial charge on any atom is 0.228 e. The van der Waals surface area contributed by atoms with Crippen molar-refractivity contribution in [3.05, 3.63) is 40.7 Å². The van der Waals surface area contributed by atoms with Gasteiger partial charge in [0.2, 0.25) is 11.8 Å². The minimum absolute atomic E-state index is 0.0556. The SMILES string of the molecule is CCC(=O)Nc1ccc(C)c(NC(=O)Cc2c(C)nn(CC(C)C)c2C)c1. The highest BCUT2D eigenvalue weighted by Crippen LogP contribution is 2.22. The van der Waals surface area contributed by atoms with E-state index in [0.717, 1.165) is 29.1 Å². The second kappa shape index (κ2) is 8.84. The molecule has 0 radical (unpaired) electrons. The molecule has 6 nitrogen and oxygen atoms in total. The van der Waals surface area contributed by atoms with E-state index >= 15 is 0 Å². The van der Waals surface area contributed by atoms with Crippen LogP contribution >= 0.6 is 0 Å². The lowest BCUT2D eigenvalue weighted by atomic mass is 10.1. The molecule has 2 rings (SSSR count). The predicted octanol–water partition coefficient (Wildman–Crippen LogP) is 3.99. The molecule has 0 saturated heterocycles. The standard InChI is InChI=1S/C21H30N4O2/c1-7-20(26)22-17-9-8-14(4)19(10-17)23-21(27)11-18-15(5)24-25(16(18)6)12-13(2)3/h8-10,13H,7,11-12H2,1-6H3,(H,22,26)(H,23,27). The number of nitrogens with zero attached hydrogens (tertiary/aromatic N) is 2. The van der Waals surface area contributed by atoms with Crippen LogP contribution in [0.5, 0.6) is 0 Å². The van der Waals surface area contributed by atoms with Crippen LogP contribution in [0, 0.1) is 26.7 Å². The lowest BCUT2D eigenvalue weighted by molar-refractivity contribution is -0.116. The number of aryl methyl sites for hydroxylation is 2. The van der Waals surface area contributed by atoms with Gasteiger partial charge >= 0.3 is 0 Å². The Morgan fingerprint density at radius 1 is 1.11 bits per heavy atom. The summed E-state index contributed by atoms with van der Waals surface area (Å²) < 4.78 is 1.98. The van der Waals surface area contributed by atoms with Crippen LogP contribution in [-0.2, 0) is 22.6 Å². The Morgan fingerprint density at radius 3 is 2.44 bits per heavy atom. The van der Waals surface area contributed by atoms with E-state index in [1.807, 2.05) is 37.6 Å². The number of amides is 2. The van der Waals surface area contributed by atoms with Gasteiger partial charge in [-0.25, -0.2) is 0 Å². The van der Waals surface area contributed by atoms with E-state index in [9.17, 15) is 9.59 Å². The largest absolute Gasteiger partial charge is 0.326 e. The third kappa shape index (κ3) is 5.42. The van der Waals surface area contributed by atoms with Crippen molar-refractivity contribution in [3.63, 3.8) is 0 Å². The number of rotatable bonds is 7. The predicted molar refractivity (Wildman–Crippen MR) is 109 cm³/mol. The molecule has 0 spiro atoms. The van der Waals surface area contributed by atoms with E-state index < -0.39 is 0 Å². The number of aromatic nitrogens is 2. The third-order valence-corrected chi connectivity index (χ3v) is 4.52. The molecule has 0 aliphatic rings. The average molecular weight is 370 g/mol. The molecule has 0 atom stereocenters. The second-order valence-corrected chi connectivity index (χ2v) is 7.38. The quantitative estimate of drug-likeness (QED) is 0.773. The summed E-state index contributed by atoms with van der Waals surface area (Å²) in [6.45, 7) is 12.8. The third-order valence-electron chi connectivity index (χ3n) is 4.52. The zero-order chi connectivity index (χ0) is 20.1. The van der Waals surface area contributed by atoms with Crippen LogP contribution in [0.25, 0.3) is 0 Å². The zero-order valence-electron chi connectivity index (χ0n) is 17.1. The molecular weight excluding hydrogens is 340 g/mol. The monoisotopic (exact) mass is 370 g/mol. The number of hydrogen-bond acceptors (Lipinski definition) is 3. The molecular formula is C21H30N4O2. The molecule has 0 aliphatic heterocycles. The second-order valence-electron chi connectivity index (χ2n) is 7.38. The molecule has 1 heterocycles. The van der Waals surface area contributed by atoms with Gasteiger partial charge in [0.25, 0.3) is 0 Å². The molecule has 1 aromatic heterocycles. The van der Waals surface area contributed by atoms with Gasteiger partial charge in [-0.3, -0.25) is 14.3 Å². The topological polar surface area (TPSA) is 76.0 Å². The van der Waals surface area contributed by atoms with Crippen LogP contribution in [0.4, 0.5) is 11.4 Å². The average Bonchev–Trinajstić information content (AvgIpc) is 2.84. The molecule has 1 aromatic carbocycles.